The minimum atomic E-state index is -0.553. The maximum Gasteiger partial charge on any atom is 0.331 e. The van der Waals surface area contributed by atoms with E-state index in [4.69, 9.17) is 0 Å². The number of hydrogen-bond donors (Lipinski definition) is 1. The number of nitrogens with one attached hydrogen (secondary N) is 1. The third kappa shape index (κ3) is 4.00. The SMILES string of the molecule is Cn1c(C(=O)NC[C@@H](c2ccc(F)cc2)N2CCCC2)cc(=O)n(C)c1=O. The van der Waals surface area contributed by atoms with E-state index in [1.54, 1.807) is 12.1 Å². The number of hydrogen-bond acceptors (Lipinski definition) is 4. The number of nitrogens with zero attached hydrogens (tertiary/aromatic N) is 3. The number of benzene rings is 1. The molecule has 0 bridgehead atoms. The van der Waals surface area contributed by atoms with Crippen LogP contribution in [-0.4, -0.2) is 39.6 Å². The van der Waals surface area contributed by atoms with Crippen molar-refractivity contribution >= 4 is 5.91 Å². The first-order valence-corrected chi connectivity index (χ1v) is 8.93. The second-order valence-electron chi connectivity index (χ2n) is 6.79. The number of amides is 1. The van der Waals surface area contributed by atoms with Crippen molar-refractivity contribution in [3.8, 4) is 0 Å². The van der Waals surface area contributed by atoms with Gasteiger partial charge in [-0.15, -0.1) is 0 Å². The first-order valence-electron chi connectivity index (χ1n) is 8.93. The molecule has 3 rings (SSSR count). The molecular weight excluding hydrogens is 351 g/mol. The van der Waals surface area contributed by atoms with E-state index in [0.717, 1.165) is 46.7 Å². The molecule has 1 aromatic heterocycles. The van der Waals surface area contributed by atoms with Gasteiger partial charge in [0.05, 0.1) is 6.04 Å². The quantitative estimate of drug-likeness (QED) is 0.840. The van der Waals surface area contributed by atoms with Gasteiger partial charge in [0.1, 0.15) is 11.5 Å². The lowest BCUT2D eigenvalue weighted by Crippen LogP contribution is -2.42. The van der Waals surface area contributed by atoms with Crippen LogP contribution in [0.2, 0.25) is 0 Å². The maximum absolute atomic E-state index is 13.3. The van der Waals surface area contributed by atoms with Crippen LogP contribution in [0, 0.1) is 5.82 Å². The monoisotopic (exact) mass is 374 g/mol. The summed E-state index contributed by atoms with van der Waals surface area (Å²) >= 11 is 0. The lowest BCUT2D eigenvalue weighted by Gasteiger charge is -2.28. The minimum Gasteiger partial charge on any atom is -0.349 e. The summed E-state index contributed by atoms with van der Waals surface area (Å²) in [6, 6.07) is 7.31. The zero-order valence-corrected chi connectivity index (χ0v) is 15.4. The van der Waals surface area contributed by atoms with Gasteiger partial charge in [-0.25, -0.2) is 9.18 Å². The zero-order chi connectivity index (χ0) is 19.6. The molecule has 1 fully saturated rings. The van der Waals surface area contributed by atoms with E-state index < -0.39 is 17.2 Å². The molecule has 144 valence electrons. The first-order chi connectivity index (χ1) is 12.9. The van der Waals surface area contributed by atoms with Crippen LogP contribution in [0.15, 0.2) is 39.9 Å². The summed E-state index contributed by atoms with van der Waals surface area (Å²) < 4.78 is 15.4. The lowest BCUT2D eigenvalue weighted by molar-refractivity contribution is 0.0927. The fourth-order valence-corrected chi connectivity index (χ4v) is 3.43. The van der Waals surface area contributed by atoms with Gasteiger partial charge in [-0.05, 0) is 43.6 Å². The number of aromatic nitrogens is 2. The number of carbonyl (C=O) groups excluding carboxylic acids is 1. The van der Waals surface area contributed by atoms with Gasteiger partial charge in [-0.3, -0.25) is 23.6 Å². The highest BCUT2D eigenvalue weighted by Gasteiger charge is 2.24. The Labute approximate surface area is 156 Å². The smallest absolute Gasteiger partial charge is 0.331 e. The van der Waals surface area contributed by atoms with Crippen LogP contribution in [0.4, 0.5) is 4.39 Å². The van der Waals surface area contributed by atoms with Crippen molar-refractivity contribution in [2.75, 3.05) is 19.6 Å². The highest BCUT2D eigenvalue weighted by molar-refractivity contribution is 5.92. The standard InChI is InChI=1S/C19H23FN4O3/c1-22-15(11-17(25)23(2)19(22)27)18(26)21-12-16(24-9-3-4-10-24)13-5-7-14(20)8-6-13/h5-8,11,16H,3-4,9-10,12H2,1-2H3,(H,21,26)/t16-/m0/s1. The third-order valence-corrected chi connectivity index (χ3v) is 5.05. The predicted molar refractivity (Wildman–Crippen MR) is 99.2 cm³/mol. The second-order valence-corrected chi connectivity index (χ2v) is 6.79. The lowest BCUT2D eigenvalue weighted by atomic mass is 10.1. The molecule has 1 aliphatic rings. The third-order valence-electron chi connectivity index (χ3n) is 5.05. The Morgan fingerprint density at radius 1 is 1.11 bits per heavy atom. The Balaban J connectivity index is 1.81. The fraction of sp³-hybridized carbons (Fsp3) is 0.421. The van der Waals surface area contributed by atoms with E-state index in [9.17, 15) is 18.8 Å². The average Bonchev–Trinajstić information content (AvgIpc) is 3.18. The van der Waals surface area contributed by atoms with Gasteiger partial charge < -0.3 is 5.32 Å². The molecule has 2 aromatic rings. The van der Waals surface area contributed by atoms with Crippen molar-refractivity contribution in [2.24, 2.45) is 14.1 Å². The van der Waals surface area contributed by atoms with E-state index in [2.05, 4.69) is 10.2 Å². The Bertz CT molecular complexity index is 943. The van der Waals surface area contributed by atoms with Crippen LogP contribution in [0.25, 0.3) is 0 Å². The molecule has 0 unspecified atom stereocenters. The average molecular weight is 374 g/mol. The Hall–Kier alpha value is -2.74. The van der Waals surface area contributed by atoms with Gasteiger partial charge in [-0.1, -0.05) is 12.1 Å². The Morgan fingerprint density at radius 3 is 2.37 bits per heavy atom. The zero-order valence-electron chi connectivity index (χ0n) is 15.4. The summed E-state index contributed by atoms with van der Waals surface area (Å²) in [5.74, 6) is -0.795. The van der Waals surface area contributed by atoms with Crippen LogP contribution in [0.5, 0.6) is 0 Å². The van der Waals surface area contributed by atoms with Crippen LogP contribution in [-0.2, 0) is 14.1 Å². The topological polar surface area (TPSA) is 76.3 Å². The van der Waals surface area contributed by atoms with E-state index >= 15 is 0 Å². The van der Waals surface area contributed by atoms with E-state index in [1.165, 1.54) is 26.2 Å². The van der Waals surface area contributed by atoms with Crippen molar-refractivity contribution in [1.29, 1.82) is 0 Å². The molecule has 0 spiro atoms. The number of halogens is 1. The molecule has 1 amide bonds. The predicted octanol–water partition coefficient (Wildman–Crippen LogP) is 0.790. The van der Waals surface area contributed by atoms with Crippen molar-refractivity contribution < 1.29 is 9.18 Å². The molecule has 8 heteroatoms. The summed E-state index contributed by atoms with van der Waals surface area (Å²) in [6.07, 6.45) is 2.16. The van der Waals surface area contributed by atoms with Gasteiger partial charge in [0.25, 0.3) is 11.5 Å². The fourth-order valence-electron chi connectivity index (χ4n) is 3.43. The second kappa shape index (κ2) is 7.87. The van der Waals surface area contributed by atoms with Gasteiger partial charge in [0.15, 0.2) is 0 Å². The molecular formula is C19H23FN4O3. The summed E-state index contributed by atoms with van der Waals surface area (Å²) in [5.41, 5.74) is -0.154. The van der Waals surface area contributed by atoms with Gasteiger partial charge in [0.2, 0.25) is 0 Å². The van der Waals surface area contributed by atoms with Crippen molar-refractivity contribution in [1.82, 2.24) is 19.4 Å². The summed E-state index contributed by atoms with van der Waals surface area (Å²) in [6.45, 7) is 2.11. The number of rotatable bonds is 5. The molecule has 0 saturated carbocycles. The normalized spacial score (nSPS) is 15.7. The van der Waals surface area contributed by atoms with Crippen molar-refractivity contribution in [3.05, 3.63) is 68.2 Å². The van der Waals surface area contributed by atoms with Crippen LogP contribution >= 0.6 is 0 Å². The molecule has 2 heterocycles. The molecule has 1 aliphatic heterocycles. The van der Waals surface area contributed by atoms with Crippen LogP contribution < -0.4 is 16.6 Å². The molecule has 1 saturated heterocycles. The van der Waals surface area contributed by atoms with Crippen molar-refractivity contribution in [3.63, 3.8) is 0 Å². The van der Waals surface area contributed by atoms with E-state index in [0.29, 0.717) is 6.54 Å². The van der Waals surface area contributed by atoms with Gasteiger partial charge in [0, 0.05) is 26.7 Å². The first kappa shape index (κ1) is 19.0. The molecule has 7 nitrogen and oxygen atoms in total. The molecule has 0 radical (unpaired) electrons. The summed E-state index contributed by atoms with van der Waals surface area (Å²) in [4.78, 5) is 38.7. The van der Waals surface area contributed by atoms with Crippen LogP contribution in [0.1, 0.15) is 34.9 Å². The number of likely N-dealkylation sites (tertiary alicyclic amines) is 1. The summed E-state index contributed by atoms with van der Waals surface area (Å²) in [5, 5.41) is 2.82. The van der Waals surface area contributed by atoms with Gasteiger partial charge in [-0.2, -0.15) is 0 Å². The molecule has 27 heavy (non-hydrogen) atoms. The van der Waals surface area contributed by atoms with Crippen LogP contribution in [0.3, 0.4) is 0 Å². The van der Waals surface area contributed by atoms with E-state index in [-0.39, 0.29) is 17.6 Å². The largest absolute Gasteiger partial charge is 0.349 e. The molecule has 1 atom stereocenters. The molecule has 1 N–H and O–H groups in total. The summed E-state index contributed by atoms with van der Waals surface area (Å²) in [7, 11) is 2.82. The van der Waals surface area contributed by atoms with E-state index in [1.807, 2.05) is 0 Å². The Morgan fingerprint density at radius 2 is 1.74 bits per heavy atom. The molecule has 1 aromatic carbocycles. The maximum atomic E-state index is 13.3. The van der Waals surface area contributed by atoms with Crippen molar-refractivity contribution in [2.45, 2.75) is 18.9 Å². The highest BCUT2D eigenvalue weighted by Crippen LogP contribution is 2.24. The highest BCUT2D eigenvalue weighted by atomic mass is 19.1. The minimum absolute atomic E-state index is 0.0161. The van der Waals surface area contributed by atoms with Gasteiger partial charge >= 0.3 is 5.69 Å². The molecule has 0 aliphatic carbocycles. The Kier molecular flexibility index (Phi) is 5.55. The number of carbonyl (C=O) groups is 1.